The minimum absolute atomic E-state index is 0.0222. The Morgan fingerprint density at radius 3 is 2.54 bits per heavy atom. The van der Waals surface area contributed by atoms with E-state index in [-0.39, 0.29) is 11.3 Å². The first kappa shape index (κ1) is 24.7. The van der Waals surface area contributed by atoms with Gasteiger partial charge in [-0.25, -0.2) is 14.3 Å². The molecule has 1 amide bonds. The molecule has 0 saturated carbocycles. The van der Waals surface area contributed by atoms with E-state index in [4.69, 9.17) is 14.3 Å². The molecule has 0 aliphatic carbocycles. The van der Waals surface area contributed by atoms with Crippen LogP contribution in [0.3, 0.4) is 0 Å². The third-order valence-corrected chi connectivity index (χ3v) is 7.86. The maximum Gasteiger partial charge on any atom is 0.345 e. The van der Waals surface area contributed by atoms with Crippen LogP contribution in [0.25, 0.3) is 27.9 Å². The number of para-hydroxylation sites is 2. The Labute approximate surface area is 227 Å². The number of hydrogen-bond acceptors (Lipinski definition) is 7. The average Bonchev–Trinajstić information content (AvgIpc) is 3.56. The monoisotopic (exact) mass is 537 g/mol. The summed E-state index contributed by atoms with van der Waals surface area (Å²) >= 11 is 1.49. The van der Waals surface area contributed by atoms with Crippen molar-refractivity contribution in [1.82, 2.24) is 14.7 Å². The molecule has 0 unspecified atom stereocenters. The van der Waals surface area contributed by atoms with Crippen molar-refractivity contribution in [2.45, 2.75) is 11.9 Å². The maximum absolute atomic E-state index is 13.2. The van der Waals surface area contributed by atoms with Gasteiger partial charge in [0.05, 0.1) is 29.7 Å². The third kappa shape index (κ3) is 4.72. The zero-order chi connectivity index (χ0) is 26.9. The van der Waals surface area contributed by atoms with Gasteiger partial charge in [-0.2, -0.15) is 5.10 Å². The number of rotatable bonds is 6. The number of esters is 1. The smallest absolute Gasteiger partial charge is 0.345 e. The average molecular weight is 538 g/mol. The van der Waals surface area contributed by atoms with Gasteiger partial charge in [0.2, 0.25) is 5.91 Å². The van der Waals surface area contributed by atoms with Gasteiger partial charge in [-0.05, 0) is 42.0 Å². The summed E-state index contributed by atoms with van der Waals surface area (Å²) in [5, 5.41) is 5.23. The first-order chi connectivity index (χ1) is 19.0. The van der Waals surface area contributed by atoms with Gasteiger partial charge in [-0.15, -0.1) is 11.8 Å². The first-order valence-electron chi connectivity index (χ1n) is 12.3. The molecule has 39 heavy (non-hydrogen) atoms. The fourth-order valence-corrected chi connectivity index (χ4v) is 5.85. The van der Waals surface area contributed by atoms with Gasteiger partial charge in [0.15, 0.2) is 0 Å². The largest absolute Gasteiger partial charge is 0.465 e. The van der Waals surface area contributed by atoms with Gasteiger partial charge >= 0.3 is 11.6 Å². The highest BCUT2D eigenvalue weighted by molar-refractivity contribution is 8.00. The highest BCUT2D eigenvalue weighted by Crippen LogP contribution is 2.43. The van der Waals surface area contributed by atoms with Crippen molar-refractivity contribution in [1.29, 1.82) is 0 Å². The molecule has 1 saturated heterocycles. The van der Waals surface area contributed by atoms with Gasteiger partial charge < -0.3 is 14.1 Å². The lowest BCUT2D eigenvalue weighted by Crippen LogP contribution is -2.28. The van der Waals surface area contributed by atoms with Crippen LogP contribution >= 0.6 is 11.8 Å². The maximum atomic E-state index is 13.2. The van der Waals surface area contributed by atoms with E-state index in [2.05, 4.69) is 0 Å². The van der Waals surface area contributed by atoms with Crippen molar-refractivity contribution in [3.05, 3.63) is 118 Å². The Balaban J connectivity index is 1.43. The summed E-state index contributed by atoms with van der Waals surface area (Å²) in [5.74, 6) is -0.141. The second-order valence-electron chi connectivity index (χ2n) is 9.07. The van der Waals surface area contributed by atoms with E-state index in [1.54, 1.807) is 33.8 Å². The molecule has 2 aromatic heterocycles. The lowest BCUT2D eigenvalue weighted by atomic mass is 10.1. The van der Waals surface area contributed by atoms with Crippen LogP contribution in [-0.2, 0) is 16.1 Å². The number of aromatic nitrogens is 2. The Bertz CT molecular complexity index is 1740. The summed E-state index contributed by atoms with van der Waals surface area (Å²) in [6.45, 7) is 0.334. The Morgan fingerprint density at radius 2 is 1.77 bits per heavy atom. The van der Waals surface area contributed by atoms with Gasteiger partial charge in [-0.3, -0.25) is 4.79 Å². The molecule has 0 bridgehead atoms. The van der Waals surface area contributed by atoms with Crippen molar-refractivity contribution in [2.24, 2.45) is 0 Å². The number of thioether (sulfide) groups is 1. The topological polar surface area (TPSA) is 94.6 Å². The number of hydrogen-bond donors (Lipinski definition) is 0. The molecule has 1 fully saturated rings. The summed E-state index contributed by atoms with van der Waals surface area (Å²) in [4.78, 5) is 39.8. The standard InChI is InChI=1S/C30H23N3O5S/c1-37-29(35)20-13-11-19(12-14-20)16-32-26(34)18-39-28(32)24-17-33(22-8-3-2-4-9-22)31-27(24)23-15-21-7-5-6-10-25(21)38-30(23)36/h2-15,17,28H,16,18H2,1H3/t28-/m1/s1. The fraction of sp³-hybridized carbons (Fsp3) is 0.133. The van der Waals surface area contributed by atoms with Crippen LogP contribution in [0, 0.1) is 0 Å². The molecule has 1 aliphatic heterocycles. The van der Waals surface area contributed by atoms with Crippen LogP contribution in [0.4, 0.5) is 0 Å². The molecule has 9 heteroatoms. The Kier molecular flexibility index (Phi) is 6.50. The lowest BCUT2D eigenvalue weighted by Gasteiger charge is -2.24. The Hall–Kier alpha value is -4.63. The van der Waals surface area contributed by atoms with E-state index in [1.807, 2.05) is 66.9 Å². The molecule has 0 N–H and O–H groups in total. The molecule has 1 atom stereocenters. The van der Waals surface area contributed by atoms with E-state index >= 15 is 0 Å². The van der Waals surface area contributed by atoms with Crippen molar-refractivity contribution in [3.63, 3.8) is 0 Å². The van der Waals surface area contributed by atoms with E-state index in [1.165, 1.54) is 18.9 Å². The highest BCUT2D eigenvalue weighted by Gasteiger charge is 2.36. The lowest BCUT2D eigenvalue weighted by molar-refractivity contribution is -0.128. The first-order valence-corrected chi connectivity index (χ1v) is 13.3. The number of carbonyl (C=O) groups is 2. The molecule has 3 heterocycles. The highest BCUT2D eigenvalue weighted by atomic mass is 32.2. The molecule has 5 aromatic rings. The predicted molar refractivity (Wildman–Crippen MR) is 149 cm³/mol. The molecular formula is C30H23N3O5S. The van der Waals surface area contributed by atoms with Gasteiger partial charge in [0, 0.05) is 23.7 Å². The van der Waals surface area contributed by atoms with E-state index in [9.17, 15) is 14.4 Å². The molecule has 1 aliphatic rings. The minimum Gasteiger partial charge on any atom is -0.465 e. The summed E-state index contributed by atoms with van der Waals surface area (Å²) in [6.07, 6.45) is 1.88. The van der Waals surface area contributed by atoms with Crippen molar-refractivity contribution in [3.8, 4) is 16.9 Å². The molecular weight excluding hydrogens is 514 g/mol. The number of carbonyl (C=O) groups excluding carboxylic acids is 2. The van der Waals surface area contributed by atoms with E-state index < -0.39 is 11.6 Å². The molecule has 6 rings (SSSR count). The summed E-state index contributed by atoms with van der Waals surface area (Å²) in [7, 11) is 1.34. The van der Waals surface area contributed by atoms with Crippen molar-refractivity contribution < 1.29 is 18.7 Å². The number of amides is 1. The van der Waals surface area contributed by atoms with Gasteiger partial charge in [0.25, 0.3) is 0 Å². The van der Waals surface area contributed by atoms with Crippen molar-refractivity contribution in [2.75, 3.05) is 12.9 Å². The molecule has 3 aromatic carbocycles. The number of nitrogens with zero attached hydrogens (tertiary/aromatic N) is 3. The van der Waals surface area contributed by atoms with Crippen LogP contribution < -0.4 is 5.63 Å². The number of ether oxygens (including phenoxy) is 1. The van der Waals surface area contributed by atoms with Crippen LogP contribution in [0.1, 0.15) is 26.9 Å². The summed E-state index contributed by atoms with van der Waals surface area (Å²) in [5.41, 5.74) is 3.68. The molecule has 8 nitrogen and oxygen atoms in total. The number of benzene rings is 3. The van der Waals surface area contributed by atoms with E-state index in [0.717, 1.165) is 22.2 Å². The summed E-state index contributed by atoms with van der Waals surface area (Å²) < 4.78 is 12.1. The van der Waals surface area contributed by atoms with E-state index in [0.29, 0.717) is 34.7 Å². The molecule has 194 valence electrons. The van der Waals surface area contributed by atoms with Crippen LogP contribution in [0.15, 0.2) is 100 Å². The minimum atomic E-state index is -0.493. The molecule has 0 radical (unpaired) electrons. The normalized spacial score (nSPS) is 15.2. The quantitative estimate of drug-likeness (QED) is 0.217. The van der Waals surface area contributed by atoms with Gasteiger partial charge in [0.1, 0.15) is 16.7 Å². The van der Waals surface area contributed by atoms with Crippen LogP contribution in [0.5, 0.6) is 0 Å². The van der Waals surface area contributed by atoms with Gasteiger partial charge in [-0.1, -0.05) is 48.5 Å². The second-order valence-corrected chi connectivity index (χ2v) is 10.1. The second kappa shape index (κ2) is 10.3. The van der Waals surface area contributed by atoms with Crippen LogP contribution in [-0.4, -0.2) is 39.4 Å². The SMILES string of the molecule is COC(=O)c1ccc(CN2C(=O)CS[C@@H]2c2cn(-c3ccccc3)nc2-c2cc3ccccc3oc2=O)cc1. The Morgan fingerprint density at radius 1 is 1.03 bits per heavy atom. The fourth-order valence-electron chi connectivity index (χ4n) is 4.66. The van der Waals surface area contributed by atoms with Crippen LogP contribution in [0.2, 0.25) is 0 Å². The zero-order valence-corrected chi connectivity index (χ0v) is 21.8. The number of methoxy groups -OCH3 is 1. The summed E-state index contributed by atoms with van der Waals surface area (Å²) in [6, 6.07) is 25.7. The van der Waals surface area contributed by atoms with Crippen molar-refractivity contribution >= 4 is 34.6 Å². The molecule has 0 spiro atoms. The predicted octanol–water partition coefficient (Wildman–Crippen LogP) is 5.21. The third-order valence-electron chi connectivity index (χ3n) is 6.62. The zero-order valence-electron chi connectivity index (χ0n) is 20.9. The number of fused-ring (bicyclic) bond motifs is 1.